The predicted octanol–water partition coefficient (Wildman–Crippen LogP) is 0.195. The molecule has 0 unspecified atom stereocenters. The lowest BCUT2D eigenvalue weighted by molar-refractivity contribution is -0.120. The highest BCUT2D eigenvalue weighted by Gasteiger charge is 2.25. The van der Waals surface area contributed by atoms with Gasteiger partial charge in [0.15, 0.2) is 0 Å². The highest BCUT2D eigenvalue weighted by Crippen LogP contribution is 2.24. The van der Waals surface area contributed by atoms with Crippen LogP contribution in [0.4, 0.5) is 0 Å². The van der Waals surface area contributed by atoms with E-state index in [0.717, 1.165) is 19.1 Å². The Morgan fingerprint density at radius 1 is 1.47 bits per heavy atom. The van der Waals surface area contributed by atoms with Gasteiger partial charge in [-0.2, -0.15) is 0 Å². The maximum Gasteiger partial charge on any atom is 0.234 e. The Morgan fingerprint density at radius 3 is 2.67 bits per heavy atom. The summed E-state index contributed by atoms with van der Waals surface area (Å²) in [5.74, 6) is 0.0825. The number of rotatable bonds is 7. The van der Waals surface area contributed by atoms with Gasteiger partial charge in [-0.3, -0.25) is 4.79 Å². The van der Waals surface area contributed by atoms with Crippen molar-refractivity contribution >= 4 is 5.91 Å². The van der Waals surface area contributed by atoms with Crippen molar-refractivity contribution in [2.45, 2.75) is 38.8 Å². The molecular weight excluding hydrogens is 190 g/mol. The van der Waals surface area contributed by atoms with Crippen molar-refractivity contribution in [2.75, 3.05) is 26.7 Å². The maximum absolute atomic E-state index is 11.3. The molecule has 4 heteroatoms. The first-order valence-corrected chi connectivity index (χ1v) is 5.80. The van der Waals surface area contributed by atoms with E-state index in [-0.39, 0.29) is 11.9 Å². The zero-order chi connectivity index (χ0) is 11.3. The number of nitrogens with zero attached hydrogens (tertiary/aromatic N) is 1. The molecule has 0 radical (unpaired) electrons. The molecule has 1 rings (SSSR count). The molecule has 0 aliphatic heterocycles. The molecule has 0 heterocycles. The van der Waals surface area contributed by atoms with Gasteiger partial charge in [-0.1, -0.05) is 0 Å². The van der Waals surface area contributed by atoms with E-state index in [1.54, 1.807) is 0 Å². The molecule has 2 N–H and O–H groups in total. The summed E-state index contributed by atoms with van der Waals surface area (Å²) < 4.78 is 0. The summed E-state index contributed by atoms with van der Waals surface area (Å²) in [6, 6.07) is 1.03. The number of amides is 1. The van der Waals surface area contributed by atoms with Gasteiger partial charge in [-0.25, -0.2) is 0 Å². The van der Waals surface area contributed by atoms with Crippen molar-refractivity contribution in [3.63, 3.8) is 0 Å². The second kappa shape index (κ2) is 6.08. The van der Waals surface area contributed by atoms with Gasteiger partial charge in [0.25, 0.3) is 0 Å². The Hall–Kier alpha value is -0.610. The van der Waals surface area contributed by atoms with Crippen LogP contribution in [0.25, 0.3) is 0 Å². The number of hydrogen-bond donors (Lipinski definition) is 2. The SMILES string of the molecule is CC(C)NC(=O)CNCCN(C)C1CC1. The first-order chi connectivity index (χ1) is 7.09. The average molecular weight is 213 g/mol. The smallest absolute Gasteiger partial charge is 0.234 e. The molecule has 88 valence electrons. The number of likely N-dealkylation sites (N-methyl/N-ethyl adjacent to an activating group) is 1. The maximum atomic E-state index is 11.3. The normalized spacial score (nSPS) is 16.1. The van der Waals surface area contributed by atoms with Crippen LogP contribution in [-0.2, 0) is 4.79 Å². The summed E-state index contributed by atoms with van der Waals surface area (Å²) in [7, 11) is 2.15. The zero-order valence-electron chi connectivity index (χ0n) is 10.0. The monoisotopic (exact) mass is 213 g/mol. The van der Waals surface area contributed by atoms with Crippen molar-refractivity contribution in [3.05, 3.63) is 0 Å². The Bertz CT molecular complexity index is 202. The first-order valence-electron chi connectivity index (χ1n) is 5.80. The lowest BCUT2D eigenvalue weighted by atomic mass is 10.4. The molecule has 0 aromatic carbocycles. The van der Waals surface area contributed by atoms with Gasteiger partial charge in [0, 0.05) is 25.2 Å². The van der Waals surface area contributed by atoms with E-state index in [1.165, 1.54) is 12.8 Å². The molecule has 0 bridgehead atoms. The van der Waals surface area contributed by atoms with E-state index < -0.39 is 0 Å². The summed E-state index contributed by atoms with van der Waals surface area (Å²) in [5, 5.41) is 6.00. The third-order valence-electron chi connectivity index (χ3n) is 2.55. The lowest BCUT2D eigenvalue weighted by Crippen LogP contribution is -2.40. The van der Waals surface area contributed by atoms with Gasteiger partial charge in [0.2, 0.25) is 5.91 Å². The molecule has 0 aromatic heterocycles. The Labute approximate surface area is 92.4 Å². The summed E-state index contributed by atoms with van der Waals surface area (Å²) in [4.78, 5) is 13.6. The van der Waals surface area contributed by atoms with E-state index in [2.05, 4.69) is 22.6 Å². The highest BCUT2D eigenvalue weighted by atomic mass is 16.1. The third-order valence-corrected chi connectivity index (χ3v) is 2.55. The minimum absolute atomic E-state index is 0.0825. The lowest BCUT2D eigenvalue weighted by Gasteiger charge is -2.15. The molecule has 1 aliphatic rings. The van der Waals surface area contributed by atoms with Gasteiger partial charge in [0.05, 0.1) is 6.54 Å². The molecule has 0 saturated heterocycles. The Morgan fingerprint density at radius 2 is 2.13 bits per heavy atom. The minimum atomic E-state index is 0.0825. The van der Waals surface area contributed by atoms with E-state index in [1.807, 2.05) is 13.8 Å². The third kappa shape index (κ3) is 5.74. The molecular formula is C11H23N3O. The summed E-state index contributed by atoms with van der Waals surface area (Å²) in [6.07, 6.45) is 2.68. The van der Waals surface area contributed by atoms with Crippen molar-refractivity contribution in [3.8, 4) is 0 Å². The molecule has 1 fully saturated rings. The number of nitrogens with one attached hydrogen (secondary N) is 2. The van der Waals surface area contributed by atoms with Gasteiger partial charge in [-0.05, 0) is 33.7 Å². The molecule has 1 saturated carbocycles. The van der Waals surface area contributed by atoms with E-state index in [0.29, 0.717) is 6.54 Å². The fraction of sp³-hybridized carbons (Fsp3) is 0.909. The van der Waals surface area contributed by atoms with E-state index in [9.17, 15) is 4.79 Å². The average Bonchev–Trinajstić information content (AvgIpc) is 2.93. The van der Waals surface area contributed by atoms with Crippen LogP contribution in [0.3, 0.4) is 0 Å². The van der Waals surface area contributed by atoms with Gasteiger partial charge in [0.1, 0.15) is 0 Å². The van der Waals surface area contributed by atoms with Crippen LogP contribution in [0.2, 0.25) is 0 Å². The van der Waals surface area contributed by atoms with Gasteiger partial charge >= 0.3 is 0 Å². The summed E-state index contributed by atoms with van der Waals surface area (Å²) >= 11 is 0. The summed E-state index contributed by atoms with van der Waals surface area (Å²) in [5.41, 5.74) is 0. The topological polar surface area (TPSA) is 44.4 Å². The Kier molecular flexibility index (Phi) is 5.05. The summed E-state index contributed by atoms with van der Waals surface area (Å²) in [6.45, 7) is 6.28. The molecule has 1 aliphatic carbocycles. The molecule has 0 aromatic rings. The van der Waals surface area contributed by atoms with Crippen LogP contribution in [-0.4, -0.2) is 49.6 Å². The van der Waals surface area contributed by atoms with E-state index in [4.69, 9.17) is 0 Å². The van der Waals surface area contributed by atoms with Crippen molar-refractivity contribution in [1.29, 1.82) is 0 Å². The van der Waals surface area contributed by atoms with Crippen LogP contribution in [0, 0.1) is 0 Å². The fourth-order valence-corrected chi connectivity index (χ4v) is 1.53. The predicted molar refractivity (Wildman–Crippen MR) is 61.8 cm³/mol. The van der Waals surface area contributed by atoms with Crippen LogP contribution in [0.5, 0.6) is 0 Å². The van der Waals surface area contributed by atoms with Crippen LogP contribution >= 0.6 is 0 Å². The first kappa shape index (κ1) is 12.5. The van der Waals surface area contributed by atoms with Crippen molar-refractivity contribution in [2.24, 2.45) is 0 Å². The quantitative estimate of drug-likeness (QED) is 0.594. The molecule has 15 heavy (non-hydrogen) atoms. The molecule has 1 amide bonds. The molecule has 4 nitrogen and oxygen atoms in total. The van der Waals surface area contributed by atoms with Crippen molar-refractivity contribution < 1.29 is 4.79 Å². The minimum Gasteiger partial charge on any atom is -0.353 e. The van der Waals surface area contributed by atoms with E-state index >= 15 is 0 Å². The number of carbonyl (C=O) groups excluding carboxylic acids is 1. The van der Waals surface area contributed by atoms with Crippen LogP contribution in [0.1, 0.15) is 26.7 Å². The van der Waals surface area contributed by atoms with Gasteiger partial charge in [-0.15, -0.1) is 0 Å². The highest BCUT2D eigenvalue weighted by molar-refractivity contribution is 5.78. The number of carbonyl (C=O) groups is 1. The van der Waals surface area contributed by atoms with Crippen LogP contribution < -0.4 is 10.6 Å². The second-order valence-corrected chi connectivity index (χ2v) is 4.61. The Balaban J connectivity index is 1.93. The zero-order valence-corrected chi connectivity index (χ0v) is 10.0. The molecule has 0 spiro atoms. The largest absolute Gasteiger partial charge is 0.353 e. The van der Waals surface area contributed by atoms with Crippen LogP contribution in [0.15, 0.2) is 0 Å². The van der Waals surface area contributed by atoms with Crippen molar-refractivity contribution in [1.82, 2.24) is 15.5 Å². The van der Waals surface area contributed by atoms with Gasteiger partial charge < -0.3 is 15.5 Å². The molecule has 0 atom stereocenters. The standard InChI is InChI=1S/C11H23N3O/c1-9(2)13-11(15)8-12-6-7-14(3)10-4-5-10/h9-10,12H,4-8H2,1-3H3,(H,13,15). The fourth-order valence-electron chi connectivity index (χ4n) is 1.53. The number of hydrogen-bond acceptors (Lipinski definition) is 3. The second-order valence-electron chi connectivity index (χ2n) is 4.61.